The van der Waals surface area contributed by atoms with Gasteiger partial charge in [-0.25, -0.2) is 9.65 Å². The summed E-state index contributed by atoms with van der Waals surface area (Å²) in [6, 6.07) is 26.3. The number of halogens is 3. The largest absolute Gasteiger partial charge is 0.497 e. The maximum absolute atomic E-state index is 13.5. The van der Waals surface area contributed by atoms with E-state index in [2.05, 4.69) is 26.3 Å². The summed E-state index contributed by atoms with van der Waals surface area (Å²) in [4.78, 5) is 49.6. The van der Waals surface area contributed by atoms with Crippen LogP contribution in [0, 0.1) is 17.2 Å². The third-order valence-corrected chi connectivity index (χ3v) is 13.6. The van der Waals surface area contributed by atoms with Crippen LogP contribution in [0.1, 0.15) is 77.3 Å². The van der Waals surface area contributed by atoms with Gasteiger partial charge in [-0.3, -0.25) is 29.3 Å². The van der Waals surface area contributed by atoms with E-state index in [1.165, 1.54) is 10.9 Å². The normalized spacial score (nSPS) is 17.8. The molecule has 22 heteroatoms. The molecule has 2 amide bonds. The number of imidazole rings is 1. The Bertz CT molecular complexity index is 2570. The van der Waals surface area contributed by atoms with E-state index >= 15 is 0 Å². The average Bonchev–Trinajstić information content (AvgIpc) is 3.92. The van der Waals surface area contributed by atoms with Crippen molar-refractivity contribution >= 4 is 37.5 Å². The molecule has 382 valence electrons. The first kappa shape index (κ1) is 54.4. The number of nitrogens with zero attached hydrogens (tertiary/aromatic N) is 5. The van der Waals surface area contributed by atoms with Crippen molar-refractivity contribution in [2.45, 2.75) is 103 Å². The predicted octanol–water partition coefficient (Wildman–Crippen LogP) is 7.75. The molecule has 3 N–H and O–H groups in total. The molecule has 0 saturated carbocycles. The average molecular weight is 1010 g/mol. The fraction of sp³-hybridized carbons (Fsp3) is 0.469. The summed E-state index contributed by atoms with van der Waals surface area (Å²) in [5, 5.41) is 14.1. The quantitative estimate of drug-likeness (QED) is 0.0306. The van der Waals surface area contributed by atoms with Crippen LogP contribution in [0.4, 0.5) is 19.1 Å². The van der Waals surface area contributed by atoms with Gasteiger partial charge < -0.3 is 38.0 Å². The Morgan fingerprint density at radius 1 is 0.901 bits per heavy atom. The molecule has 5 aromatic rings. The molecule has 1 unspecified atom stereocenters. The summed E-state index contributed by atoms with van der Waals surface area (Å²) in [5.74, 6) is -1.92. The lowest BCUT2D eigenvalue weighted by atomic mass is 9.80. The minimum absolute atomic E-state index is 0.00205. The number of rotatable bonds is 24. The molecular formula is C49H60F3N8O10P. The Hall–Kier alpha value is -5.98. The number of anilines is 1. The summed E-state index contributed by atoms with van der Waals surface area (Å²) in [5.41, 5.74) is 0.0431. The van der Waals surface area contributed by atoms with Crippen molar-refractivity contribution < 1.29 is 55.5 Å². The van der Waals surface area contributed by atoms with Crippen molar-refractivity contribution in [1.82, 2.24) is 29.5 Å². The molecule has 0 radical (unpaired) electrons. The van der Waals surface area contributed by atoms with E-state index in [0.29, 0.717) is 22.6 Å². The van der Waals surface area contributed by atoms with E-state index in [-0.39, 0.29) is 68.4 Å². The molecule has 1 aliphatic heterocycles. The monoisotopic (exact) mass is 1010 g/mol. The fourth-order valence-electron chi connectivity index (χ4n) is 8.08. The van der Waals surface area contributed by atoms with E-state index < -0.39 is 68.1 Å². The zero-order valence-corrected chi connectivity index (χ0v) is 41.7. The first-order chi connectivity index (χ1) is 33.9. The fourth-order valence-corrected chi connectivity index (χ4v) is 9.85. The lowest BCUT2D eigenvalue weighted by Crippen LogP contribution is -2.43. The molecule has 5 atom stereocenters. The van der Waals surface area contributed by atoms with Gasteiger partial charge in [0, 0.05) is 31.2 Å². The second-order valence-corrected chi connectivity index (χ2v) is 18.7. The van der Waals surface area contributed by atoms with Crippen molar-refractivity contribution in [1.29, 1.82) is 5.26 Å². The highest BCUT2D eigenvalue weighted by atomic mass is 31.2. The van der Waals surface area contributed by atoms with Crippen LogP contribution in [0.3, 0.4) is 0 Å². The number of alkyl halides is 3. The Morgan fingerprint density at radius 2 is 1.51 bits per heavy atom. The van der Waals surface area contributed by atoms with Crippen molar-refractivity contribution in [3.8, 4) is 17.6 Å². The third kappa shape index (κ3) is 12.9. The van der Waals surface area contributed by atoms with Crippen molar-refractivity contribution in [3.63, 3.8) is 0 Å². The minimum atomic E-state index is -5.09. The zero-order chi connectivity index (χ0) is 51.5. The number of nitriles is 1. The van der Waals surface area contributed by atoms with Crippen LogP contribution in [-0.2, 0) is 38.4 Å². The van der Waals surface area contributed by atoms with Crippen molar-refractivity contribution in [2.75, 3.05) is 45.9 Å². The van der Waals surface area contributed by atoms with Gasteiger partial charge in [0.1, 0.15) is 35.4 Å². The molecular weight excluding hydrogens is 949 g/mol. The molecule has 0 aliphatic carbocycles. The van der Waals surface area contributed by atoms with Crippen LogP contribution in [0.25, 0.3) is 11.2 Å². The molecule has 0 bridgehead atoms. The molecule has 71 heavy (non-hydrogen) atoms. The number of hydrogen-bond acceptors (Lipinski definition) is 14. The van der Waals surface area contributed by atoms with Crippen LogP contribution >= 0.6 is 8.53 Å². The van der Waals surface area contributed by atoms with E-state index in [1.54, 1.807) is 28.1 Å². The standard InChI is InChI=1S/C49H60F3N8O10P/c1-30(2)43(61)57-47-56-42-39(44(62)58-47)55-29-59(42)45-41(66-26-13-25-54-46(63)49(50,51)52)40(70-71(68-27-12-24-53)60(31(3)4)32(5)6)38(69-45)28-67-48(33-14-10-9-11-15-33,34-16-20-36(64-7)21-17-34)35-18-22-37(65-8)23-19-35/h9-11,14-23,29-32,38,40-41,45H,12-13,25-28H2,1-8H3,(H,54,63)(H2,56,57,58,61,62)/t38-,40-,41-,45-,71?/m1/s1. The first-order valence-electron chi connectivity index (χ1n) is 23.1. The maximum atomic E-state index is 13.5. The number of aromatic amines is 1. The molecule has 1 fully saturated rings. The van der Waals surface area contributed by atoms with Gasteiger partial charge in [0.25, 0.3) is 14.1 Å². The van der Waals surface area contributed by atoms with Crippen LogP contribution in [-0.4, -0.2) is 113 Å². The van der Waals surface area contributed by atoms with Crippen molar-refractivity contribution in [2.24, 2.45) is 5.92 Å². The Labute approximate surface area is 411 Å². The number of carbonyl (C=O) groups is 2. The van der Waals surface area contributed by atoms with E-state index in [0.717, 1.165) is 5.56 Å². The van der Waals surface area contributed by atoms with Gasteiger partial charge in [0.2, 0.25) is 11.9 Å². The van der Waals surface area contributed by atoms with Gasteiger partial charge in [-0.1, -0.05) is 68.4 Å². The number of aromatic nitrogens is 4. The van der Waals surface area contributed by atoms with Gasteiger partial charge in [-0.2, -0.15) is 23.4 Å². The number of benzene rings is 3. The molecule has 3 aromatic carbocycles. The summed E-state index contributed by atoms with van der Waals surface area (Å²) < 4.78 is 88.6. The van der Waals surface area contributed by atoms with E-state index in [9.17, 15) is 32.8 Å². The number of carbonyl (C=O) groups excluding carboxylic acids is 2. The zero-order valence-electron chi connectivity index (χ0n) is 40.8. The lowest BCUT2D eigenvalue weighted by molar-refractivity contribution is -0.173. The molecule has 3 heterocycles. The number of fused-ring (bicyclic) bond motifs is 1. The minimum Gasteiger partial charge on any atom is -0.497 e. The molecule has 0 spiro atoms. The smallest absolute Gasteiger partial charge is 0.471 e. The third-order valence-electron chi connectivity index (χ3n) is 11.4. The first-order valence-corrected chi connectivity index (χ1v) is 24.2. The predicted molar refractivity (Wildman–Crippen MR) is 257 cm³/mol. The van der Waals surface area contributed by atoms with Crippen molar-refractivity contribution in [3.05, 3.63) is 112 Å². The number of ether oxygens (including phenoxy) is 5. The van der Waals surface area contributed by atoms with Gasteiger partial charge in [-0.05, 0) is 75.1 Å². The van der Waals surface area contributed by atoms with E-state index in [1.807, 2.05) is 117 Å². The van der Waals surface area contributed by atoms with Gasteiger partial charge >= 0.3 is 12.1 Å². The van der Waals surface area contributed by atoms with Crippen LogP contribution in [0.5, 0.6) is 11.5 Å². The highest BCUT2D eigenvalue weighted by Gasteiger charge is 2.52. The Morgan fingerprint density at radius 3 is 2.06 bits per heavy atom. The Balaban J connectivity index is 1.53. The van der Waals surface area contributed by atoms with E-state index in [4.69, 9.17) is 32.7 Å². The topological polar surface area (TPSA) is 213 Å². The number of methoxy groups -OCH3 is 2. The summed E-state index contributed by atoms with van der Waals surface area (Å²) in [6.07, 6.45) is -8.39. The number of amides is 2. The number of hydrogen-bond donors (Lipinski definition) is 3. The highest BCUT2D eigenvalue weighted by Crippen LogP contribution is 2.51. The summed E-state index contributed by atoms with van der Waals surface area (Å²) >= 11 is 0. The molecule has 18 nitrogen and oxygen atoms in total. The summed E-state index contributed by atoms with van der Waals surface area (Å²) in [6.45, 7) is 10.4. The molecule has 1 aliphatic rings. The molecule has 1 saturated heterocycles. The second-order valence-electron chi connectivity index (χ2n) is 17.3. The van der Waals surface area contributed by atoms with Crippen LogP contribution < -0.4 is 25.7 Å². The van der Waals surface area contributed by atoms with Crippen LogP contribution in [0.15, 0.2) is 90.0 Å². The maximum Gasteiger partial charge on any atom is 0.471 e. The number of H-pyrrole nitrogens is 1. The summed E-state index contributed by atoms with van der Waals surface area (Å²) in [7, 11) is 1.11. The molecule has 2 aromatic heterocycles. The second kappa shape index (κ2) is 24.4. The van der Waals surface area contributed by atoms with Gasteiger partial charge in [-0.15, -0.1) is 0 Å². The molecule has 6 rings (SSSR count). The lowest BCUT2D eigenvalue weighted by Gasteiger charge is -2.39. The van der Waals surface area contributed by atoms with Gasteiger partial charge in [0.15, 0.2) is 17.4 Å². The highest BCUT2D eigenvalue weighted by molar-refractivity contribution is 7.44. The SMILES string of the molecule is COc1ccc(C(OC[C@H]2O[C@@H](n3cnc4c(=O)[nH]c(NC(=O)C(C)C)nc43)[C@H](OCCCNC(=O)C(F)(F)F)[C@@H]2OP(OCCC#N)N(C(C)C)C(C)C)(c2ccccc2)c2ccc(OC)cc2)cc1. The van der Waals surface area contributed by atoms with Gasteiger partial charge in [0.05, 0.1) is 46.3 Å². The number of nitrogens with one attached hydrogen (secondary N) is 3. The Kier molecular flexibility index (Phi) is 18.7. The van der Waals surface area contributed by atoms with Crippen LogP contribution in [0.2, 0.25) is 0 Å².